The Hall–Kier alpha value is -2.44. The Bertz CT molecular complexity index is 568. The fourth-order valence-electron chi connectivity index (χ4n) is 1.75. The molecule has 0 spiro atoms. The molecule has 0 saturated carbocycles. The highest BCUT2D eigenvalue weighted by atomic mass is 16.6. The van der Waals surface area contributed by atoms with Crippen LogP contribution in [0.5, 0.6) is 5.75 Å². The van der Waals surface area contributed by atoms with Crippen LogP contribution in [0.3, 0.4) is 0 Å². The molecule has 0 aliphatic rings. The molecule has 0 N–H and O–H groups in total. The Morgan fingerprint density at radius 3 is 3.00 bits per heavy atom. The lowest BCUT2D eigenvalue weighted by molar-refractivity contribution is -0.394. The zero-order valence-corrected chi connectivity index (χ0v) is 10.5. The molecule has 1 heterocycles. The number of rotatable bonds is 6. The Morgan fingerprint density at radius 1 is 1.47 bits per heavy atom. The first-order valence-electron chi connectivity index (χ1n) is 5.86. The van der Waals surface area contributed by atoms with Crippen molar-refractivity contribution >= 4 is 5.95 Å². The Kier molecular flexibility index (Phi) is 4.07. The lowest BCUT2D eigenvalue weighted by atomic mass is 10.1. The predicted molar refractivity (Wildman–Crippen MR) is 68.0 cm³/mol. The van der Waals surface area contributed by atoms with Gasteiger partial charge in [-0.1, -0.05) is 17.1 Å². The normalized spacial score (nSPS) is 10.4. The van der Waals surface area contributed by atoms with Crippen LogP contribution in [0, 0.1) is 10.1 Å². The van der Waals surface area contributed by atoms with E-state index >= 15 is 0 Å². The van der Waals surface area contributed by atoms with Crippen LogP contribution in [0.2, 0.25) is 0 Å². The van der Waals surface area contributed by atoms with Crippen LogP contribution in [-0.4, -0.2) is 26.8 Å². The van der Waals surface area contributed by atoms with Crippen molar-refractivity contribution in [2.24, 2.45) is 0 Å². The van der Waals surface area contributed by atoms with Gasteiger partial charge >= 0.3 is 5.95 Å². The van der Waals surface area contributed by atoms with Gasteiger partial charge < -0.3 is 14.9 Å². The van der Waals surface area contributed by atoms with Gasteiger partial charge in [-0.05, 0) is 35.5 Å². The van der Waals surface area contributed by atoms with Crippen molar-refractivity contribution in [1.29, 1.82) is 0 Å². The van der Waals surface area contributed by atoms with Crippen molar-refractivity contribution in [1.82, 2.24) is 14.8 Å². The van der Waals surface area contributed by atoms with Crippen LogP contribution < -0.4 is 4.74 Å². The fourth-order valence-corrected chi connectivity index (χ4v) is 1.75. The number of hydrogen-bond donors (Lipinski definition) is 0. The molecule has 1 aromatic carbocycles. The van der Waals surface area contributed by atoms with Gasteiger partial charge in [0, 0.05) is 5.10 Å². The minimum Gasteiger partial charge on any atom is -0.497 e. The maximum absolute atomic E-state index is 10.4. The molecular formula is C12H14N4O3. The summed E-state index contributed by atoms with van der Waals surface area (Å²) in [4.78, 5) is 13.4. The minimum absolute atomic E-state index is 0.360. The van der Waals surface area contributed by atoms with Crippen molar-refractivity contribution in [2.45, 2.75) is 19.4 Å². The van der Waals surface area contributed by atoms with E-state index in [1.54, 1.807) is 7.11 Å². The number of ether oxygens (including phenoxy) is 1. The minimum atomic E-state index is -0.599. The zero-order valence-electron chi connectivity index (χ0n) is 10.5. The van der Waals surface area contributed by atoms with Gasteiger partial charge in [0.2, 0.25) is 6.33 Å². The van der Waals surface area contributed by atoms with Crippen molar-refractivity contribution in [3.05, 3.63) is 46.3 Å². The molecule has 100 valence electrons. The fraction of sp³-hybridized carbons (Fsp3) is 0.333. The third-order valence-corrected chi connectivity index (χ3v) is 2.67. The standard InChI is InChI=1S/C12H14N4O3/c1-19-11-6-2-4-10(8-11)5-3-7-15-9-13-12(14-15)16(17)18/h2,4,6,8-9H,3,5,7H2,1H3. The molecule has 2 aromatic rings. The highest BCUT2D eigenvalue weighted by Gasteiger charge is 2.12. The molecule has 7 heteroatoms. The highest BCUT2D eigenvalue weighted by Crippen LogP contribution is 2.14. The molecule has 0 atom stereocenters. The van der Waals surface area contributed by atoms with Crippen LogP contribution >= 0.6 is 0 Å². The molecular weight excluding hydrogens is 248 g/mol. The van der Waals surface area contributed by atoms with Gasteiger partial charge in [-0.15, -0.1) is 0 Å². The van der Waals surface area contributed by atoms with Crippen LogP contribution in [0.15, 0.2) is 30.6 Å². The lowest BCUT2D eigenvalue weighted by Crippen LogP contribution is -2.01. The molecule has 0 aliphatic heterocycles. The maximum atomic E-state index is 10.4. The lowest BCUT2D eigenvalue weighted by Gasteiger charge is -2.03. The summed E-state index contributed by atoms with van der Waals surface area (Å²) in [5.41, 5.74) is 1.16. The second-order valence-electron chi connectivity index (χ2n) is 4.02. The summed E-state index contributed by atoms with van der Waals surface area (Å²) < 4.78 is 6.63. The number of aryl methyl sites for hydroxylation is 2. The smallest absolute Gasteiger partial charge is 0.490 e. The number of nitro groups is 1. The second-order valence-corrected chi connectivity index (χ2v) is 4.02. The largest absolute Gasteiger partial charge is 0.497 e. The summed E-state index contributed by atoms with van der Waals surface area (Å²) in [6.45, 7) is 0.595. The van der Waals surface area contributed by atoms with Gasteiger partial charge in [-0.2, -0.15) is 4.68 Å². The van der Waals surface area contributed by atoms with E-state index in [1.807, 2.05) is 24.3 Å². The molecule has 2 rings (SSSR count). The summed E-state index contributed by atoms with van der Waals surface area (Å²) in [7, 11) is 1.63. The SMILES string of the molecule is COc1cccc(CCCn2cnc([N+](=O)[O-])n2)c1. The van der Waals surface area contributed by atoms with E-state index in [1.165, 1.54) is 11.0 Å². The van der Waals surface area contributed by atoms with E-state index < -0.39 is 4.92 Å². The zero-order chi connectivity index (χ0) is 13.7. The van der Waals surface area contributed by atoms with Crippen LogP contribution in [-0.2, 0) is 13.0 Å². The van der Waals surface area contributed by atoms with Crippen LogP contribution in [0.4, 0.5) is 5.95 Å². The Labute approximate surface area is 110 Å². The van der Waals surface area contributed by atoms with E-state index in [9.17, 15) is 10.1 Å². The average Bonchev–Trinajstić information content (AvgIpc) is 2.88. The summed E-state index contributed by atoms with van der Waals surface area (Å²) in [6.07, 6.45) is 3.06. The summed E-state index contributed by atoms with van der Waals surface area (Å²) in [6, 6.07) is 7.83. The molecule has 0 bridgehead atoms. The number of hydrogen-bond acceptors (Lipinski definition) is 5. The van der Waals surface area contributed by atoms with Crippen molar-refractivity contribution in [2.75, 3.05) is 7.11 Å². The topological polar surface area (TPSA) is 83.1 Å². The maximum Gasteiger partial charge on any atom is 0.490 e. The summed E-state index contributed by atoms with van der Waals surface area (Å²) >= 11 is 0. The molecule has 19 heavy (non-hydrogen) atoms. The number of benzene rings is 1. The monoisotopic (exact) mass is 262 g/mol. The first-order chi connectivity index (χ1) is 9.19. The van der Waals surface area contributed by atoms with Gasteiger partial charge in [-0.3, -0.25) is 0 Å². The number of nitrogens with zero attached hydrogens (tertiary/aromatic N) is 4. The average molecular weight is 262 g/mol. The van der Waals surface area contributed by atoms with E-state index in [2.05, 4.69) is 10.1 Å². The van der Waals surface area contributed by atoms with E-state index in [4.69, 9.17) is 4.74 Å². The molecule has 0 amide bonds. The molecule has 7 nitrogen and oxygen atoms in total. The van der Waals surface area contributed by atoms with Gasteiger partial charge in [0.25, 0.3) is 0 Å². The first kappa shape index (κ1) is 13.0. The van der Waals surface area contributed by atoms with Crippen LogP contribution in [0.1, 0.15) is 12.0 Å². The van der Waals surface area contributed by atoms with Gasteiger partial charge in [0.05, 0.1) is 13.7 Å². The van der Waals surface area contributed by atoms with E-state index in [-0.39, 0.29) is 5.95 Å². The van der Waals surface area contributed by atoms with Gasteiger partial charge in [0.1, 0.15) is 5.75 Å². The van der Waals surface area contributed by atoms with E-state index in [0.29, 0.717) is 6.54 Å². The second kappa shape index (κ2) is 5.94. The van der Waals surface area contributed by atoms with Crippen molar-refractivity contribution in [3.63, 3.8) is 0 Å². The number of methoxy groups -OCH3 is 1. The van der Waals surface area contributed by atoms with Crippen molar-refractivity contribution in [3.8, 4) is 5.75 Å². The molecule has 1 aromatic heterocycles. The Morgan fingerprint density at radius 2 is 2.32 bits per heavy atom. The quantitative estimate of drug-likeness (QED) is 0.585. The molecule has 0 aliphatic carbocycles. The molecule has 0 saturated heterocycles. The molecule has 0 radical (unpaired) electrons. The predicted octanol–water partition coefficient (Wildman–Crippen LogP) is 1.83. The van der Waals surface area contributed by atoms with Gasteiger partial charge in [0.15, 0.2) is 0 Å². The van der Waals surface area contributed by atoms with Crippen molar-refractivity contribution < 1.29 is 9.66 Å². The summed E-state index contributed by atoms with van der Waals surface area (Å²) in [5, 5.41) is 14.2. The number of aromatic nitrogens is 3. The van der Waals surface area contributed by atoms with Crippen LogP contribution in [0.25, 0.3) is 0 Å². The molecule has 0 unspecified atom stereocenters. The summed E-state index contributed by atoms with van der Waals surface area (Å²) in [5.74, 6) is 0.468. The molecule has 0 fully saturated rings. The first-order valence-corrected chi connectivity index (χ1v) is 5.86. The van der Waals surface area contributed by atoms with E-state index in [0.717, 1.165) is 24.2 Å². The third-order valence-electron chi connectivity index (χ3n) is 2.67. The highest BCUT2D eigenvalue weighted by molar-refractivity contribution is 5.28. The third kappa shape index (κ3) is 3.51. The Balaban J connectivity index is 1.86. The van der Waals surface area contributed by atoms with Gasteiger partial charge in [-0.25, -0.2) is 0 Å².